The van der Waals surface area contributed by atoms with Crippen LogP contribution in [0, 0.1) is 17.7 Å². The van der Waals surface area contributed by atoms with Crippen LogP contribution in [0.15, 0.2) is 24.3 Å². The summed E-state index contributed by atoms with van der Waals surface area (Å²) >= 11 is 0. The van der Waals surface area contributed by atoms with E-state index in [0.29, 0.717) is 5.92 Å². The molecule has 0 heterocycles. The minimum atomic E-state index is -0.339. The molecule has 1 aromatic rings. The van der Waals surface area contributed by atoms with Crippen LogP contribution in [0.5, 0.6) is 0 Å². The monoisotopic (exact) mass is 221 g/mol. The molecule has 1 saturated carbocycles. The summed E-state index contributed by atoms with van der Waals surface area (Å²) in [4.78, 5) is 0. The molecular weight excluding hydrogens is 201 g/mol. The Hall–Kier alpha value is -0.890. The Balaban J connectivity index is 2.31. The summed E-state index contributed by atoms with van der Waals surface area (Å²) in [5, 5.41) is 0. The lowest BCUT2D eigenvalue weighted by Crippen LogP contribution is -2.46. The molecule has 3 unspecified atom stereocenters. The molecule has 1 aliphatic carbocycles. The summed E-state index contributed by atoms with van der Waals surface area (Å²) in [7, 11) is 0. The van der Waals surface area contributed by atoms with Crippen molar-refractivity contribution in [1.82, 2.24) is 0 Å². The quantitative estimate of drug-likeness (QED) is 0.772. The van der Waals surface area contributed by atoms with Crippen molar-refractivity contribution in [2.75, 3.05) is 0 Å². The van der Waals surface area contributed by atoms with Crippen LogP contribution in [0.2, 0.25) is 0 Å². The Morgan fingerprint density at radius 3 is 2.75 bits per heavy atom. The number of rotatable bonds is 1. The molecule has 1 aromatic carbocycles. The van der Waals surface area contributed by atoms with Crippen molar-refractivity contribution in [3.8, 4) is 0 Å². The Bertz CT molecular complexity index is 377. The van der Waals surface area contributed by atoms with Crippen LogP contribution < -0.4 is 5.73 Å². The third-order valence-corrected chi connectivity index (χ3v) is 4.05. The van der Waals surface area contributed by atoms with Crippen LogP contribution in [0.3, 0.4) is 0 Å². The standard InChI is InChI=1S/C14H20FN/c1-10-6-7-14(16,11(2)8-10)12-4-3-5-13(15)9-12/h3-5,9-11H,6-8,16H2,1-2H3. The molecule has 2 rings (SSSR count). The van der Waals surface area contributed by atoms with Crippen LogP contribution >= 0.6 is 0 Å². The van der Waals surface area contributed by atoms with E-state index >= 15 is 0 Å². The molecule has 1 aliphatic rings. The number of benzene rings is 1. The SMILES string of the molecule is CC1CCC(N)(c2cccc(F)c2)C(C)C1. The molecule has 16 heavy (non-hydrogen) atoms. The molecule has 2 heteroatoms. The van der Waals surface area contributed by atoms with Crippen LogP contribution in [-0.4, -0.2) is 0 Å². The van der Waals surface area contributed by atoms with Gasteiger partial charge in [-0.3, -0.25) is 0 Å². The third kappa shape index (κ3) is 1.99. The predicted molar refractivity (Wildman–Crippen MR) is 64.4 cm³/mol. The van der Waals surface area contributed by atoms with E-state index in [9.17, 15) is 4.39 Å². The first kappa shape index (κ1) is 11.6. The van der Waals surface area contributed by atoms with Crippen LogP contribution in [0.4, 0.5) is 4.39 Å². The number of halogens is 1. The van der Waals surface area contributed by atoms with Gasteiger partial charge in [-0.05, 0) is 48.8 Å². The molecule has 0 aromatic heterocycles. The van der Waals surface area contributed by atoms with E-state index in [2.05, 4.69) is 13.8 Å². The van der Waals surface area contributed by atoms with Crippen molar-refractivity contribution in [1.29, 1.82) is 0 Å². The predicted octanol–water partition coefficient (Wildman–Crippen LogP) is 3.44. The molecule has 3 atom stereocenters. The fourth-order valence-electron chi connectivity index (χ4n) is 2.87. The first-order valence-electron chi connectivity index (χ1n) is 6.07. The second-order valence-electron chi connectivity index (χ2n) is 5.33. The Morgan fingerprint density at radius 2 is 2.12 bits per heavy atom. The van der Waals surface area contributed by atoms with Crippen molar-refractivity contribution < 1.29 is 4.39 Å². The van der Waals surface area contributed by atoms with Gasteiger partial charge in [0.1, 0.15) is 5.82 Å². The molecule has 88 valence electrons. The van der Waals surface area contributed by atoms with Gasteiger partial charge in [0, 0.05) is 5.54 Å². The summed E-state index contributed by atoms with van der Waals surface area (Å²) in [5.74, 6) is 0.964. The zero-order chi connectivity index (χ0) is 11.8. The topological polar surface area (TPSA) is 26.0 Å². The second-order valence-corrected chi connectivity index (χ2v) is 5.33. The summed E-state index contributed by atoms with van der Waals surface area (Å²) < 4.78 is 13.2. The largest absolute Gasteiger partial charge is 0.321 e. The van der Waals surface area contributed by atoms with Crippen molar-refractivity contribution in [3.63, 3.8) is 0 Å². The highest BCUT2D eigenvalue weighted by molar-refractivity contribution is 5.26. The van der Waals surface area contributed by atoms with E-state index in [1.807, 2.05) is 6.07 Å². The molecule has 0 saturated heterocycles. The van der Waals surface area contributed by atoms with Gasteiger partial charge in [0.2, 0.25) is 0 Å². The van der Waals surface area contributed by atoms with E-state index in [0.717, 1.165) is 30.7 Å². The van der Waals surface area contributed by atoms with Gasteiger partial charge in [-0.1, -0.05) is 26.0 Å². The molecule has 0 aliphatic heterocycles. The number of hydrogen-bond acceptors (Lipinski definition) is 1. The first-order valence-corrected chi connectivity index (χ1v) is 6.07. The van der Waals surface area contributed by atoms with E-state index in [4.69, 9.17) is 5.73 Å². The van der Waals surface area contributed by atoms with Gasteiger partial charge in [-0.15, -0.1) is 0 Å². The van der Waals surface area contributed by atoms with Gasteiger partial charge >= 0.3 is 0 Å². The second kappa shape index (κ2) is 4.17. The third-order valence-electron chi connectivity index (χ3n) is 4.05. The van der Waals surface area contributed by atoms with Crippen molar-refractivity contribution in [3.05, 3.63) is 35.6 Å². The summed E-state index contributed by atoms with van der Waals surface area (Å²) in [6.45, 7) is 4.45. The van der Waals surface area contributed by atoms with Gasteiger partial charge in [0.15, 0.2) is 0 Å². The van der Waals surface area contributed by atoms with Gasteiger partial charge < -0.3 is 5.73 Å². The molecule has 1 nitrogen and oxygen atoms in total. The Kier molecular flexibility index (Phi) is 3.02. The minimum absolute atomic E-state index is 0.187. The van der Waals surface area contributed by atoms with E-state index in [1.165, 1.54) is 6.07 Å². The van der Waals surface area contributed by atoms with Crippen LogP contribution in [0.1, 0.15) is 38.7 Å². The highest BCUT2D eigenvalue weighted by Gasteiger charge is 2.38. The smallest absolute Gasteiger partial charge is 0.123 e. The fourth-order valence-corrected chi connectivity index (χ4v) is 2.87. The van der Waals surface area contributed by atoms with Gasteiger partial charge in [-0.2, -0.15) is 0 Å². The Morgan fingerprint density at radius 1 is 1.38 bits per heavy atom. The molecule has 1 fully saturated rings. The maximum atomic E-state index is 13.2. The van der Waals surface area contributed by atoms with Crippen molar-refractivity contribution in [2.24, 2.45) is 17.6 Å². The Labute approximate surface area is 96.9 Å². The van der Waals surface area contributed by atoms with E-state index in [1.54, 1.807) is 12.1 Å². The highest BCUT2D eigenvalue weighted by Crippen LogP contribution is 2.41. The van der Waals surface area contributed by atoms with Gasteiger partial charge in [-0.25, -0.2) is 4.39 Å². The molecule has 0 bridgehead atoms. The average Bonchev–Trinajstić information content (AvgIpc) is 2.24. The first-order chi connectivity index (χ1) is 7.52. The average molecular weight is 221 g/mol. The zero-order valence-electron chi connectivity index (χ0n) is 10.0. The molecule has 2 N–H and O–H groups in total. The molecule has 0 radical (unpaired) electrons. The van der Waals surface area contributed by atoms with E-state index in [-0.39, 0.29) is 11.4 Å². The lowest BCUT2D eigenvalue weighted by molar-refractivity contribution is 0.164. The maximum absolute atomic E-state index is 13.2. The maximum Gasteiger partial charge on any atom is 0.123 e. The zero-order valence-corrected chi connectivity index (χ0v) is 10.0. The summed E-state index contributed by atoms with van der Waals surface area (Å²) in [6.07, 6.45) is 3.23. The lowest BCUT2D eigenvalue weighted by atomic mass is 9.67. The molecule has 0 spiro atoms. The van der Waals surface area contributed by atoms with Crippen molar-refractivity contribution >= 4 is 0 Å². The molecular formula is C14H20FN. The van der Waals surface area contributed by atoms with Gasteiger partial charge in [0.25, 0.3) is 0 Å². The summed E-state index contributed by atoms with van der Waals surface area (Å²) in [6, 6.07) is 6.77. The van der Waals surface area contributed by atoms with Crippen molar-refractivity contribution in [2.45, 2.75) is 38.6 Å². The van der Waals surface area contributed by atoms with Crippen LogP contribution in [-0.2, 0) is 5.54 Å². The lowest BCUT2D eigenvalue weighted by Gasteiger charge is -2.42. The fraction of sp³-hybridized carbons (Fsp3) is 0.571. The van der Waals surface area contributed by atoms with E-state index < -0.39 is 0 Å². The molecule has 0 amide bonds. The summed E-state index contributed by atoms with van der Waals surface area (Å²) in [5.41, 5.74) is 7.10. The normalized spacial score (nSPS) is 35.0. The number of nitrogens with two attached hydrogens (primary N) is 1. The minimum Gasteiger partial charge on any atom is -0.321 e. The highest BCUT2D eigenvalue weighted by atomic mass is 19.1. The van der Waals surface area contributed by atoms with Gasteiger partial charge in [0.05, 0.1) is 0 Å². The number of hydrogen-bond donors (Lipinski definition) is 1. The van der Waals surface area contributed by atoms with Crippen LogP contribution in [0.25, 0.3) is 0 Å².